The van der Waals surface area contributed by atoms with Crippen LogP contribution in [0.15, 0.2) is 0 Å². The Morgan fingerprint density at radius 1 is 1.46 bits per heavy atom. The van der Waals surface area contributed by atoms with Crippen LogP contribution in [0.5, 0.6) is 0 Å². The molecular weight excluding hydrogens is 266 g/mol. The number of amides is 1. The summed E-state index contributed by atoms with van der Waals surface area (Å²) in [7, 11) is 0. The monoisotopic (exact) mass is 274 g/mol. The molecule has 1 rings (SSSR count). The first-order valence-electron chi connectivity index (χ1n) is 3.28. The molecule has 1 aliphatic rings. The van der Waals surface area contributed by atoms with Crippen molar-refractivity contribution in [3.8, 4) is 0 Å². The molecular formula is C5H9CuNO4S2. The quantitative estimate of drug-likeness (QED) is 0.540. The van der Waals surface area contributed by atoms with E-state index in [1.807, 2.05) is 0 Å². The van der Waals surface area contributed by atoms with Crippen LogP contribution in [-0.4, -0.2) is 35.9 Å². The molecule has 1 saturated heterocycles. The standard InChI is InChI=1S/C5H9NO4S2.Cu/c7-5(6(11)12)10-4-3-8-1-2-9-4;/h4,11-12H,1-3H2;. The molecule has 0 saturated carbocycles. The summed E-state index contributed by atoms with van der Waals surface area (Å²) in [6, 6.07) is 0. The Balaban J connectivity index is 0.00000144. The Bertz CT molecular complexity index is 165. The molecule has 0 spiro atoms. The number of carbonyl (C=O) groups excluding carboxylic acids is 1. The van der Waals surface area contributed by atoms with E-state index in [2.05, 4.69) is 25.6 Å². The average molecular weight is 275 g/mol. The maximum Gasteiger partial charge on any atom is 0.432 e. The van der Waals surface area contributed by atoms with Gasteiger partial charge in [-0.25, -0.2) is 4.79 Å². The Morgan fingerprint density at radius 2 is 2.15 bits per heavy atom. The van der Waals surface area contributed by atoms with E-state index in [0.717, 1.165) is 3.71 Å². The Labute approximate surface area is 97.6 Å². The molecule has 0 aromatic carbocycles. The maximum atomic E-state index is 10.8. The van der Waals surface area contributed by atoms with Crippen LogP contribution < -0.4 is 0 Å². The van der Waals surface area contributed by atoms with Gasteiger partial charge in [0.1, 0.15) is 6.61 Å². The van der Waals surface area contributed by atoms with Crippen LogP contribution in [0.25, 0.3) is 0 Å². The third-order valence-electron chi connectivity index (χ3n) is 1.18. The molecule has 0 aromatic rings. The molecule has 81 valence electrons. The summed E-state index contributed by atoms with van der Waals surface area (Å²) in [6.45, 7) is 1.21. The number of thiol groups is 2. The summed E-state index contributed by atoms with van der Waals surface area (Å²) in [5, 5.41) is 0. The third-order valence-corrected chi connectivity index (χ3v) is 1.51. The molecule has 0 bridgehead atoms. The zero-order valence-corrected chi connectivity index (χ0v) is 9.21. The van der Waals surface area contributed by atoms with Gasteiger partial charge < -0.3 is 14.2 Å². The van der Waals surface area contributed by atoms with Crippen LogP contribution in [0.3, 0.4) is 0 Å². The van der Waals surface area contributed by atoms with E-state index in [9.17, 15) is 4.79 Å². The largest absolute Gasteiger partial charge is 0.432 e. The second kappa shape index (κ2) is 6.80. The van der Waals surface area contributed by atoms with Crippen LogP contribution in [0.1, 0.15) is 0 Å². The fraction of sp³-hybridized carbons (Fsp3) is 0.800. The predicted octanol–water partition coefficient (Wildman–Crippen LogP) is 0.485. The van der Waals surface area contributed by atoms with Gasteiger partial charge in [-0.2, -0.15) is 3.71 Å². The van der Waals surface area contributed by atoms with Gasteiger partial charge in [-0.3, -0.25) is 0 Å². The van der Waals surface area contributed by atoms with Gasteiger partial charge in [0.25, 0.3) is 0 Å². The van der Waals surface area contributed by atoms with Crippen molar-refractivity contribution >= 4 is 31.7 Å². The van der Waals surface area contributed by atoms with Crippen molar-refractivity contribution in [1.82, 2.24) is 3.71 Å². The summed E-state index contributed by atoms with van der Waals surface area (Å²) in [6.07, 6.45) is -1.33. The first-order chi connectivity index (χ1) is 5.70. The SMILES string of the molecule is O=C(OC1COCCO1)N(S)S.[Cu]. The zero-order chi connectivity index (χ0) is 8.97. The number of rotatable bonds is 1. The minimum atomic E-state index is -0.683. The second-order valence-corrected chi connectivity index (χ2v) is 3.16. The van der Waals surface area contributed by atoms with Gasteiger partial charge in [0.2, 0.25) is 6.29 Å². The Morgan fingerprint density at radius 3 is 2.62 bits per heavy atom. The molecule has 1 amide bonds. The van der Waals surface area contributed by atoms with Gasteiger partial charge in [-0.1, -0.05) is 0 Å². The molecule has 1 atom stereocenters. The van der Waals surface area contributed by atoms with E-state index in [4.69, 9.17) is 14.2 Å². The summed E-state index contributed by atoms with van der Waals surface area (Å²) in [5.74, 6) is 0. The first-order valence-corrected chi connectivity index (χ1v) is 4.08. The van der Waals surface area contributed by atoms with Crippen molar-refractivity contribution < 1.29 is 36.1 Å². The molecule has 5 nitrogen and oxygen atoms in total. The molecule has 1 unspecified atom stereocenters. The number of carbonyl (C=O) groups is 1. The van der Waals surface area contributed by atoms with E-state index >= 15 is 0 Å². The van der Waals surface area contributed by atoms with E-state index in [0.29, 0.717) is 13.2 Å². The topological polar surface area (TPSA) is 48.0 Å². The number of hydrogen-bond donors (Lipinski definition) is 2. The van der Waals surface area contributed by atoms with Crippen molar-refractivity contribution in [2.75, 3.05) is 19.8 Å². The van der Waals surface area contributed by atoms with E-state index in [-0.39, 0.29) is 23.7 Å². The van der Waals surface area contributed by atoms with Crippen molar-refractivity contribution in [2.45, 2.75) is 6.29 Å². The summed E-state index contributed by atoms with van der Waals surface area (Å²) in [4.78, 5) is 10.8. The maximum absolute atomic E-state index is 10.8. The van der Waals surface area contributed by atoms with Gasteiger partial charge in [-0.15, -0.1) is 0 Å². The normalized spacial score (nSPS) is 21.5. The van der Waals surface area contributed by atoms with Crippen LogP contribution in [0.4, 0.5) is 4.79 Å². The molecule has 1 fully saturated rings. The Hall–Kier alpha value is 0.409. The molecule has 0 aromatic heterocycles. The van der Waals surface area contributed by atoms with E-state index < -0.39 is 12.4 Å². The minimum absolute atomic E-state index is 0. The molecule has 0 N–H and O–H groups in total. The predicted molar refractivity (Wildman–Crippen MR) is 46.9 cm³/mol. The van der Waals surface area contributed by atoms with Gasteiger partial charge in [-0.05, 0) is 25.6 Å². The molecule has 13 heavy (non-hydrogen) atoms. The first kappa shape index (κ1) is 13.4. The second-order valence-electron chi connectivity index (χ2n) is 2.05. The zero-order valence-electron chi connectivity index (χ0n) is 6.47. The minimum Gasteiger partial charge on any atom is -0.416 e. The summed E-state index contributed by atoms with van der Waals surface area (Å²) in [5.41, 5.74) is 0. The van der Waals surface area contributed by atoms with Crippen molar-refractivity contribution in [1.29, 1.82) is 0 Å². The summed E-state index contributed by atoms with van der Waals surface area (Å²) < 4.78 is 15.5. The fourth-order valence-corrected chi connectivity index (χ4v) is 0.788. The molecule has 0 aliphatic carbocycles. The van der Waals surface area contributed by atoms with Gasteiger partial charge in [0, 0.05) is 17.1 Å². The smallest absolute Gasteiger partial charge is 0.416 e. The molecule has 1 aliphatic heterocycles. The summed E-state index contributed by atoms with van der Waals surface area (Å²) >= 11 is 7.24. The Kier molecular flexibility index (Phi) is 7.02. The number of ether oxygens (including phenoxy) is 3. The van der Waals surface area contributed by atoms with Gasteiger partial charge in [0.15, 0.2) is 0 Å². The van der Waals surface area contributed by atoms with Crippen molar-refractivity contribution in [3.05, 3.63) is 0 Å². The van der Waals surface area contributed by atoms with E-state index in [1.54, 1.807) is 0 Å². The third kappa shape index (κ3) is 4.99. The van der Waals surface area contributed by atoms with Crippen LogP contribution in [0, 0.1) is 0 Å². The van der Waals surface area contributed by atoms with Crippen LogP contribution >= 0.6 is 25.6 Å². The molecule has 1 radical (unpaired) electrons. The van der Waals surface area contributed by atoms with Gasteiger partial charge >= 0.3 is 6.09 Å². The van der Waals surface area contributed by atoms with Gasteiger partial charge in [0.05, 0.1) is 13.2 Å². The number of nitrogens with zero attached hydrogens (tertiary/aromatic N) is 1. The van der Waals surface area contributed by atoms with Crippen LogP contribution in [0.2, 0.25) is 0 Å². The van der Waals surface area contributed by atoms with Crippen molar-refractivity contribution in [3.63, 3.8) is 0 Å². The molecule has 8 heteroatoms. The van der Waals surface area contributed by atoms with E-state index in [1.165, 1.54) is 0 Å². The van der Waals surface area contributed by atoms with Crippen molar-refractivity contribution in [2.24, 2.45) is 0 Å². The average Bonchev–Trinajstić information content (AvgIpc) is 2.06. The molecule has 1 heterocycles. The fourth-order valence-electron chi connectivity index (χ4n) is 0.694. The number of hydrogen-bond acceptors (Lipinski definition) is 6. The van der Waals surface area contributed by atoms with Crippen LogP contribution in [-0.2, 0) is 31.3 Å².